The average Bonchev–Trinajstić information content (AvgIpc) is 2.81. The summed E-state index contributed by atoms with van der Waals surface area (Å²) in [6, 6.07) is 17.7. The van der Waals surface area contributed by atoms with E-state index in [1.165, 1.54) is 0 Å². The molecule has 0 N–H and O–H groups in total. The summed E-state index contributed by atoms with van der Waals surface area (Å²) >= 11 is 1.54. The van der Waals surface area contributed by atoms with Crippen LogP contribution in [0.25, 0.3) is 10.9 Å². The van der Waals surface area contributed by atoms with Gasteiger partial charge in [0.05, 0.1) is 11.3 Å². The fourth-order valence-corrected chi connectivity index (χ4v) is 4.69. The third-order valence-electron chi connectivity index (χ3n) is 5.45. The van der Waals surface area contributed by atoms with E-state index < -0.39 is 5.60 Å². The number of amides is 1. The number of carbonyl (C=O) groups is 2. The molecule has 1 aromatic heterocycles. The van der Waals surface area contributed by atoms with Crippen LogP contribution in [0.2, 0.25) is 0 Å². The topological polar surface area (TPSA) is 62.7 Å². The van der Waals surface area contributed by atoms with Crippen LogP contribution in [0.3, 0.4) is 0 Å². The zero-order chi connectivity index (χ0) is 23.4. The highest BCUT2D eigenvalue weighted by Crippen LogP contribution is 2.27. The van der Waals surface area contributed by atoms with Crippen LogP contribution in [-0.4, -0.2) is 59.3 Å². The SMILES string of the molecule is CC(C)(C)OC(=O)N1CCN(c2ccc(C(=O)CSc3ccnc4ccccc34)cc2)CC1. The van der Waals surface area contributed by atoms with Gasteiger partial charge in [-0.15, -0.1) is 11.8 Å². The molecule has 3 aromatic rings. The molecule has 0 aliphatic carbocycles. The molecule has 172 valence electrons. The minimum atomic E-state index is -0.487. The number of nitrogens with zero attached hydrogens (tertiary/aromatic N) is 3. The third kappa shape index (κ3) is 5.85. The van der Waals surface area contributed by atoms with Gasteiger partial charge in [-0.3, -0.25) is 9.78 Å². The zero-order valence-corrected chi connectivity index (χ0v) is 20.1. The first kappa shape index (κ1) is 23.1. The van der Waals surface area contributed by atoms with Gasteiger partial charge >= 0.3 is 6.09 Å². The van der Waals surface area contributed by atoms with Crippen LogP contribution in [0, 0.1) is 0 Å². The van der Waals surface area contributed by atoms with Crippen LogP contribution in [0.4, 0.5) is 10.5 Å². The smallest absolute Gasteiger partial charge is 0.410 e. The van der Waals surface area contributed by atoms with Gasteiger partial charge in [-0.2, -0.15) is 0 Å². The van der Waals surface area contributed by atoms with Crippen LogP contribution < -0.4 is 4.90 Å². The molecule has 2 heterocycles. The van der Waals surface area contributed by atoms with Gasteiger partial charge in [-0.1, -0.05) is 18.2 Å². The van der Waals surface area contributed by atoms with Crippen molar-refractivity contribution >= 4 is 40.2 Å². The predicted molar refractivity (Wildman–Crippen MR) is 133 cm³/mol. The molecule has 0 saturated carbocycles. The summed E-state index contributed by atoms with van der Waals surface area (Å²) in [4.78, 5) is 34.4. The van der Waals surface area contributed by atoms with Gasteiger partial charge in [0.15, 0.2) is 5.78 Å². The van der Waals surface area contributed by atoms with E-state index in [1.807, 2.05) is 75.4 Å². The van der Waals surface area contributed by atoms with Crippen molar-refractivity contribution in [3.63, 3.8) is 0 Å². The standard InChI is InChI=1S/C26H29N3O3S/c1-26(2,3)32-25(31)29-16-14-28(15-17-29)20-10-8-19(9-11-20)23(30)18-33-24-12-13-27-22-7-5-4-6-21(22)24/h4-13H,14-18H2,1-3H3. The van der Waals surface area contributed by atoms with Gasteiger partial charge in [0, 0.05) is 53.9 Å². The molecule has 7 heteroatoms. The minimum Gasteiger partial charge on any atom is -0.444 e. The Labute approximate surface area is 198 Å². The molecule has 0 bridgehead atoms. The first-order valence-corrected chi connectivity index (χ1v) is 12.1. The van der Waals surface area contributed by atoms with Crippen molar-refractivity contribution in [2.24, 2.45) is 0 Å². The Morgan fingerprint density at radius 2 is 1.67 bits per heavy atom. The zero-order valence-electron chi connectivity index (χ0n) is 19.3. The second-order valence-corrected chi connectivity index (χ2v) is 10.1. The highest BCUT2D eigenvalue weighted by Gasteiger charge is 2.26. The second kappa shape index (κ2) is 9.83. The first-order valence-electron chi connectivity index (χ1n) is 11.1. The number of benzene rings is 2. The van der Waals surface area contributed by atoms with Crippen molar-refractivity contribution in [3.8, 4) is 0 Å². The maximum Gasteiger partial charge on any atom is 0.410 e. The summed E-state index contributed by atoms with van der Waals surface area (Å²) in [5, 5.41) is 1.07. The summed E-state index contributed by atoms with van der Waals surface area (Å²) in [5.74, 6) is 0.476. The normalized spacial score (nSPS) is 14.4. The number of pyridine rings is 1. The van der Waals surface area contributed by atoms with Gasteiger partial charge in [0.1, 0.15) is 5.60 Å². The van der Waals surface area contributed by atoms with Crippen LogP contribution in [0.5, 0.6) is 0 Å². The second-order valence-electron chi connectivity index (χ2n) is 9.04. The van der Waals surface area contributed by atoms with E-state index in [4.69, 9.17) is 4.74 Å². The molecule has 0 radical (unpaired) electrons. The lowest BCUT2D eigenvalue weighted by molar-refractivity contribution is 0.0240. The fraction of sp³-hybridized carbons (Fsp3) is 0.346. The molecular weight excluding hydrogens is 434 g/mol. The van der Waals surface area contributed by atoms with Crippen LogP contribution in [0.15, 0.2) is 65.7 Å². The number of hydrogen-bond donors (Lipinski definition) is 0. The predicted octanol–water partition coefficient (Wildman–Crippen LogP) is 5.27. The Hall–Kier alpha value is -3.06. The van der Waals surface area contributed by atoms with E-state index >= 15 is 0 Å². The largest absolute Gasteiger partial charge is 0.444 e. The maximum atomic E-state index is 12.8. The van der Waals surface area contributed by atoms with Crippen LogP contribution >= 0.6 is 11.8 Å². The van der Waals surface area contributed by atoms with E-state index in [0.29, 0.717) is 24.4 Å². The van der Waals surface area contributed by atoms with E-state index in [1.54, 1.807) is 22.9 Å². The molecule has 0 unspecified atom stereocenters. The van der Waals surface area contributed by atoms with Gasteiger partial charge in [-0.05, 0) is 57.2 Å². The number of carbonyl (C=O) groups excluding carboxylic acids is 2. The molecule has 0 spiro atoms. The van der Waals surface area contributed by atoms with Crippen molar-refractivity contribution in [3.05, 3.63) is 66.4 Å². The fourth-order valence-electron chi connectivity index (χ4n) is 3.75. The quantitative estimate of drug-likeness (QED) is 0.380. The highest BCUT2D eigenvalue weighted by atomic mass is 32.2. The molecular formula is C26H29N3O3S. The van der Waals surface area contributed by atoms with Crippen molar-refractivity contribution in [2.45, 2.75) is 31.3 Å². The van der Waals surface area contributed by atoms with E-state index in [2.05, 4.69) is 9.88 Å². The molecule has 2 aromatic carbocycles. The van der Waals surface area contributed by atoms with Crippen LogP contribution in [-0.2, 0) is 4.74 Å². The Bertz CT molecular complexity index is 1130. The van der Waals surface area contributed by atoms with Gasteiger partial charge < -0.3 is 14.5 Å². The lowest BCUT2D eigenvalue weighted by Crippen LogP contribution is -2.50. The monoisotopic (exact) mass is 463 g/mol. The molecule has 0 atom stereocenters. The van der Waals surface area contributed by atoms with Gasteiger partial charge in [0.2, 0.25) is 0 Å². The lowest BCUT2D eigenvalue weighted by atomic mass is 10.1. The lowest BCUT2D eigenvalue weighted by Gasteiger charge is -2.36. The first-order chi connectivity index (χ1) is 15.8. The number of aromatic nitrogens is 1. The van der Waals surface area contributed by atoms with Crippen molar-refractivity contribution in [1.29, 1.82) is 0 Å². The van der Waals surface area contributed by atoms with E-state index in [0.717, 1.165) is 34.6 Å². The Balaban J connectivity index is 1.32. The summed E-state index contributed by atoms with van der Waals surface area (Å²) in [6.07, 6.45) is 1.52. The van der Waals surface area contributed by atoms with E-state index in [9.17, 15) is 9.59 Å². The number of anilines is 1. The number of ether oxygens (including phenoxy) is 1. The number of para-hydroxylation sites is 1. The average molecular weight is 464 g/mol. The molecule has 1 saturated heterocycles. The van der Waals surface area contributed by atoms with Crippen molar-refractivity contribution < 1.29 is 14.3 Å². The summed E-state index contributed by atoms with van der Waals surface area (Å²) in [6.45, 7) is 8.33. The third-order valence-corrected chi connectivity index (χ3v) is 6.53. The van der Waals surface area contributed by atoms with Gasteiger partial charge in [0.25, 0.3) is 0 Å². The summed E-state index contributed by atoms with van der Waals surface area (Å²) in [7, 11) is 0. The summed E-state index contributed by atoms with van der Waals surface area (Å²) < 4.78 is 5.46. The number of fused-ring (bicyclic) bond motifs is 1. The Kier molecular flexibility index (Phi) is 6.88. The molecule has 1 aliphatic rings. The molecule has 1 amide bonds. The molecule has 6 nitrogen and oxygen atoms in total. The van der Waals surface area contributed by atoms with Crippen LogP contribution in [0.1, 0.15) is 31.1 Å². The number of rotatable bonds is 5. The van der Waals surface area contributed by atoms with Crippen molar-refractivity contribution in [2.75, 3.05) is 36.8 Å². The Morgan fingerprint density at radius 3 is 2.36 bits per heavy atom. The van der Waals surface area contributed by atoms with Crippen molar-refractivity contribution in [1.82, 2.24) is 9.88 Å². The number of piperazine rings is 1. The number of Topliss-reactive ketones (excluding diaryl/α,β-unsaturated/α-hetero) is 1. The number of hydrogen-bond acceptors (Lipinski definition) is 6. The number of ketones is 1. The molecule has 33 heavy (non-hydrogen) atoms. The van der Waals surface area contributed by atoms with Gasteiger partial charge in [-0.25, -0.2) is 4.79 Å². The maximum absolute atomic E-state index is 12.8. The molecule has 1 aliphatic heterocycles. The van der Waals surface area contributed by atoms with E-state index in [-0.39, 0.29) is 11.9 Å². The molecule has 4 rings (SSSR count). The molecule has 1 fully saturated rings. The Morgan fingerprint density at radius 1 is 0.970 bits per heavy atom. The number of thioether (sulfide) groups is 1. The highest BCUT2D eigenvalue weighted by molar-refractivity contribution is 8.00. The minimum absolute atomic E-state index is 0.0992. The summed E-state index contributed by atoms with van der Waals surface area (Å²) in [5.41, 5.74) is 2.21.